The molecule has 1 aliphatic rings. The first-order valence-electron chi connectivity index (χ1n) is 4.80. The Kier molecular flexibility index (Phi) is 4.72. The Balaban J connectivity index is 0.00000225. The maximum Gasteiger partial charge on any atom is 0.311 e. The molecule has 1 saturated carbocycles. The quantitative estimate of drug-likeness (QED) is 0.505. The highest BCUT2D eigenvalue weighted by Gasteiger charge is 2.52. The van der Waals surface area contributed by atoms with Gasteiger partial charge in [-0.2, -0.15) is 0 Å². The molecule has 1 amide bonds. The molecule has 0 aromatic carbocycles. The second kappa shape index (κ2) is 4.99. The zero-order chi connectivity index (χ0) is 11.8. The number of halogens is 1. The van der Waals surface area contributed by atoms with E-state index in [2.05, 4.69) is 5.32 Å². The number of hydrogen-bond donors (Lipinski definition) is 4. The number of nitrogens with one attached hydrogen (secondary N) is 1. The van der Waals surface area contributed by atoms with Gasteiger partial charge in [-0.25, -0.2) is 0 Å². The third kappa shape index (κ3) is 2.45. The Hall–Kier alpha value is -0.850. The molecule has 0 spiro atoms. The second-order valence-corrected chi connectivity index (χ2v) is 4.34. The van der Waals surface area contributed by atoms with Gasteiger partial charge in [0, 0.05) is 19.0 Å². The predicted octanol–water partition coefficient (Wildman–Crippen LogP) is -0.938. The summed E-state index contributed by atoms with van der Waals surface area (Å²) in [6.07, 6.45) is 0.272. The van der Waals surface area contributed by atoms with Crippen LogP contribution in [0.15, 0.2) is 0 Å². The van der Waals surface area contributed by atoms with Crippen molar-refractivity contribution in [2.45, 2.75) is 38.4 Å². The molecule has 16 heavy (non-hydrogen) atoms. The van der Waals surface area contributed by atoms with Crippen LogP contribution in [0.3, 0.4) is 0 Å². The molecule has 0 aromatic heterocycles. The van der Waals surface area contributed by atoms with Crippen molar-refractivity contribution in [3.8, 4) is 0 Å². The monoisotopic (exact) mass is 251 g/mol. The highest BCUT2D eigenvalue weighted by Crippen LogP contribution is 2.36. The van der Waals surface area contributed by atoms with Crippen LogP contribution in [0.5, 0.6) is 0 Å². The zero-order valence-electron chi connectivity index (χ0n) is 9.27. The van der Waals surface area contributed by atoms with Crippen LogP contribution in [0.25, 0.3) is 0 Å². The van der Waals surface area contributed by atoms with E-state index in [1.54, 1.807) is 6.92 Å². The fraction of sp³-hybridized carbons (Fsp3) is 0.778. The molecule has 94 valence electrons. The van der Waals surface area contributed by atoms with Crippen LogP contribution < -0.4 is 16.8 Å². The summed E-state index contributed by atoms with van der Waals surface area (Å²) in [7, 11) is 0. The van der Waals surface area contributed by atoms with Crippen molar-refractivity contribution in [3.63, 3.8) is 0 Å². The number of hydrogen-bond acceptors (Lipinski definition) is 4. The van der Waals surface area contributed by atoms with Crippen LogP contribution in [0.2, 0.25) is 0 Å². The Morgan fingerprint density at radius 1 is 1.44 bits per heavy atom. The highest BCUT2D eigenvalue weighted by molar-refractivity contribution is 5.85. The molecule has 0 radical (unpaired) electrons. The molecule has 6 N–H and O–H groups in total. The van der Waals surface area contributed by atoms with Gasteiger partial charge in [0.05, 0.1) is 11.5 Å². The average molecular weight is 252 g/mol. The summed E-state index contributed by atoms with van der Waals surface area (Å²) in [6, 6.07) is -1.54. The van der Waals surface area contributed by atoms with Crippen molar-refractivity contribution < 1.29 is 14.7 Å². The standard InChI is InChI=1S/C9H17N3O3.ClH/c1-4(13)12-6-5(10)3-9(2,7(6)11)8(14)15;/h5-7H,3,10-11H2,1-2H3,(H,12,13)(H,14,15);1H/t5-,6-,7-,9+;/m1./s1. The largest absolute Gasteiger partial charge is 0.481 e. The minimum absolute atomic E-state index is 0. The highest BCUT2D eigenvalue weighted by atomic mass is 35.5. The number of carbonyl (C=O) groups excluding carboxylic acids is 1. The summed E-state index contributed by atoms with van der Waals surface area (Å²) in [4.78, 5) is 22.0. The minimum Gasteiger partial charge on any atom is -0.481 e. The average Bonchev–Trinajstić information content (AvgIpc) is 2.30. The third-order valence-corrected chi connectivity index (χ3v) is 3.10. The van der Waals surface area contributed by atoms with Crippen molar-refractivity contribution in [1.82, 2.24) is 5.32 Å². The Labute approximate surface area is 100 Å². The first kappa shape index (κ1) is 15.2. The van der Waals surface area contributed by atoms with Crippen LogP contribution in [-0.4, -0.2) is 35.1 Å². The van der Waals surface area contributed by atoms with E-state index in [4.69, 9.17) is 16.6 Å². The first-order valence-corrected chi connectivity index (χ1v) is 4.80. The van der Waals surface area contributed by atoms with Gasteiger partial charge < -0.3 is 21.9 Å². The van der Waals surface area contributed by atoms with E-state index >= 15 is 0 Å². The third-order valence-electron chi connectivity index (χ3n) is 3.10. The lowest BCUT2D eigenvalue weighted by atomic mass is 9.84. The topological polar surface area (TPSA) is 118 Å². The number of carboxylic acid groups (broad SMARTS) is 1. The maximum atomic E-state index is 11.1. The lowest BCUT2D eigenvalue weighted by molar-refractivity contribution is -0.148. The van der Waals surface area contributed by atoms with Crippen LogP contribution in [0.1, 0.15) is 20.3 Å². The van der Waals surface area contributed by atoms with E-state index in [0.29, 0.717) is 0 Å². The number of amides is 1. The van der Waals surface area contributed by atoms with Gasteiger partial charge in [-0.1, -0.05) is 0 Å². The molecule has 1 aliphatic carbocycles. The van der Waals surface area contributed by atoms with Crippen molar-refractivity contribution >= 4 is 24.3 Å². The zero-order valence-corrected chi connectivity index (χ0v) is 10.1. The number of carbonyl (C=O) groups is 2. The van der Waals surface area contributed by atoms with Gasteiger partial charge in [-0.05, 0) is 13.3 Å². The molecule has 0 heterocycles. The van der Waals surface area contributed by atoms with Crippen LogP contribution in [-0.2, 0) is 9.59 Å². The smallest absolute Gasteiger partial charge is 0.311 e. The Bertz CT molecular complexity index is 300. The number of aliphatic carboxylic acids is 1. The molecule has 7 heteroatoms. The first-order chi connectivity index (χ1) is 6.79. The minimum atomic E-state index is -1.06. The van der Waals surface area contributed by atoms with Gasteiger partial charge in [-0.3, -0.25) is 9.59 Å². The number of rotatable bonds is 2. The molecule has 4 atom stereocenters. The van der Waals surface area contributed by atoms with Gasteiger partial charge in [0.2, 0.25) is 5.91 Å². The Morgan fingerprint density at radius 3 is 2.25 bits per heavy atom. The SMILES string of the molecule is CC(=O)N[C@@H]1[C@H](N)C[C@](C)(C(=O)O)[C@@H]1N.Cl. The Morgan fingerprint density at radius 2 is 1.94 bits per heavy atom. The van der Waals surface area contributed by atoms with Gasteiger partial charge in [-0.15, -0.1) is 12.4 Å². The molecular weight excluding hydrogens is 234 g/mol. The molecule has 0 bridgehead atoms. The van der Waals surface area contributed by atoms with Crippen molar-refractivity contribution in [2.24, 2.45) is 16.9 Å². The van der Waals surface area contributed by atoms with Crippen molar-refractivity contribution in [3.05, 3.63) is 0 Å². The summed E-state index contributed by atoms with van der Waals surface area (Å²) in [5, 5.41) is 11.7. The van der Waals surface area contributed by atoms with Gasteiger partial charge in [0.15, 0.2) is 0 Å². The molecule has 1 fully saturated rings. The molecular formula is C9H18ClN3O3. The van der Waals surface area contributed by atoms with Gasteiger partial charge in [0.1, 0.15) is 0 Å². The van der Waals surface area contributed by atoms with Crippen LogP contribution in [0.4, 0.5) is 0 Å². The van der Waals surface area contributed by atoms with E-state index in [1.165, 1.54) is 6.92 Å². The fourth-order valence-electron chi connectivity index (χ4n) is 2.08. The number of carboxylic acids is 1. The summed E-state index contributed by atoms with van der Waals surface area (Å²) < 4.78 is 0. The maximum absolute atomic E-state index is 11.1. The number of nitrogens with two attached hydrogens (primary N) is 2. The van der Waals surface area contributed by atoms with E-state index in [9.17, 15) is 9.59 Å². The van der Waals surface area contributed by atoms with Gasteiger partial charge in [0.25, 0.3) is 0 Å². The van der Waals surface area contributed by atoms with E-state index < -0.39 is 29.5 Å². The molecule has 0 aliphatic heterocycles. The molecule has 6 nitrogen and oxygen atoms in total. The van der Waals surface area contributed by atoms with Crippen molar-refractivity contribution in [1.29, 1.82) is 0 Å². The summed E-state index contributed by atoms with van der Waals surface area (Å²) in [5.74, 6) is -1.22. The second-order valence-electron chi connectivity index (χ2n) is 4.34. The van der Waals surface area contributed by atoms with E-state index in [1.807, 2.05) is 0 Å². The fourth-order valence-corrected chi connectivity index (χ4v) is 2.08. The van der Waals surface area contributed by atoms with Crippen molar-refractivity contribution in [2.75, 3.05) is 0 Å². The summed E-state index contributed by atoms with van der Waals surface area (Å²) in [6.45, 7) is 2.91. The van der Waals surface area contributed by atoms with Gasteiger partial charge >= 0.3 is 5.97 Å². The molecule has 0 unspecified atom stereocenters. The van der Waals surface area contributed by atoms with Crippen LogP contribution in [0, 0.1) is 5.41 Å². The normalized spacial score (nSPS) is 37.6. The lowest BCUT2D eigenvalue weighted by Crippen LogP contribution is -2.55. The summed E-state index contributed by atoms with van der Waals surface area (Å²) >= 11 is 0. The van der Waals surface area contributed by atoms with Crippen LogP contribution >= 0.6 is 12.4 Å². The van der Waals surface area contributed by atoms with E-state index in [0.717, 1.165) is 0 Å². The lowest BCUT2D eigenvalue weighted by Gasteiger charge is -2.26. The molecule has 0 saturated heterocycles. The summed E-state index contributed by atoms with van der Waals surface area (Å²) in [5.41, 5.74) is 10.5. The predicted molar refractivity (Wildman–Crippen MR) is 61.2 cm³/mol. The molecule has 0 aromatic rings. The molecule has 1 rings (SSSR count). The van der Waals surface area contributed by atoms with E-state index in [-0.39, 0.29) is 24.7 Å².